The van der Waals surface area contributed by atoms with Crippen molar-refractivity contribution in [2.24, 2.45) is 5.16 Å². The van der Waals surface area contributed by atoms with Crippen LogP contribution in [0.3, 0.4) is 0 Å². The lowest BCUT2D eigenvalue weighted by Gasteiger charge is -2.02. The van der Waals surface area contributed by atoms with Gasteiger partial charge in [-0.1, -0.05) is 40.0 Å². The molecule has 1 rings (SSSR count). The van der Waals surface area contributed by atoms with Gasteiger partial charge in [-0.3, -0.25) is 0 Å². The molecular formula is C10H7Cl4NO2. The monoisotopic (exact) mass is 313 g/mol. The summed E-state index contributed by atoms with van der Waals surface area (Å²) in [4.78, 5) is 15.2. The van der Waals surface area contributed by atoms with Crippen LogP contribution in [0.25, 0.3) is 0 Å². The smallest absolute Gasteiger partial charge is 0.313 e. The molecule has 0 aromatic heterocycles. The summed E-state index contributed by atoms with van der Waals surface area (Å²) in [7, 11) is 0. The van der Waals surface area contributed by atoms with Crippen molar-refractivity contribution >= 4 is 58.1 Å². The van der Waals surface area contributed by atoms with Gasteiger partial charge in [0.15, 0.2) is 0 Å². The molecule has 0 aliphatic rings. The number of hydrogen-bond donors (Lipinski definition) is 0. The van der Waals surface area contributed by atoms with Crippen molar-refractivity contribution in [3.05, 3.63) is 34.9 Å². The van der Waals surface area contributed by atoms with Crippen LogP contribution in [-0.2, 0) is 4.84 Å². The quantitative estimate of drug-likeness (QED) is 0.366. The van der Waals surface area contributed by atoms with Crippen molar-refractivity contribution in [2.45, 2.75) is 4.84 Å². The van der Waals surface area contributed by atoms with Gasteiger partial charge in [0.05, 0.1) is 11.4 Å². The molecule has 1 aromatic carbocycles. The van der Waals surface area contributed by atoms with Crippen molar-refractivity contribution in [1.29, 1.82) is 0 Å². The first-order chi connectivity index (χ1) is 8.04. The van der Waals surface area contributed by atoms with E-state index >= 15 is 0 Å². The number of rotatable bonds is 4. The van der Waals surface area contributed by atoms with Crippen LogP contribution >= 0.6 is 46.4 Å². The number of hydrogen-bond acceptors (Lipinski definition) is 3. The predicted molar refractivity (Wildman–Crippen MR) is 70.5 cm³/mol. The van der Waals surface area contributed by atoms with Crippen LogP contribution in [-0.4, -0.2) is 22.4 Å². The summed E-state index contributed by atoms with van der Waals surface area (Å²) in [5, 5.41) is 4.00. The lowest BCUT2D eigenvalue weighted by Crippen LogP contribution is -2.12. The van der Waals surface area contributed by atoms with E-state index < -0.39 is 10.8 Å². The third kappa shape index (κ3) is 4.72. The van der Waals surface area contributed by atoms with E-state index in [1.807, 2.05) is 0 Å². The van der Waals surface area contributed by atoms with E-state index in [2.05, 4.69) is 9.99 Å². The second-order valence-electron chi connectivity index (χ2n) is 2.90. The standard InChI is InChI=1S/C10H7Cl4NO2/c11-5-8(9(13)14)15-17-10(16)6-1-3-7(12)4-2-6/h1-4,9H,5H2/b15-8+. The average molecular weight is 315 g/mol. The Morgan fingerprint density at radius 3 is 2.35 bits per heavy atom. The first-order valence-corrected chi connectivity index (χ1v) is 6.21. The van der Waals surface area contributed by atoms with Crippen molar-refractivity contribution in [3.63, 3.8) is 0 Å². The van der Waals surface area contributed by atoms with Crippen LogP contribution in [0.1, 0.15) is 10.4 Å². The first-order valence-electron chi connectivity index (χ1n) is 4.42. The molecule has 0 saturated heterocycles. The maximum absolute atomic E-state index is 11.5. The van der Waals surface area contributed by atoms with Gasteiger partial charge in [-0.25, -0.2) is 4.79 Å². The Hall–Kier alpha value is -0.480. The molecule has 1 aromatic rings. The van der Waals surface area contributed by atoms with Crippen molar-refractivity contribution < 1.29 is 9.63 Å². The second kappa shape index (κ2) is 7.07. The number of alkyl halides is 3. The maximum atomic E-state index is 11.5. The molecule has 0 unspecified atom stereocenters. The number of carbonyl (C=O) groups is 1. The Morgan fingerprint density at radius 1 is 1.29 bits per heavy atom. The minimum absolute atomic E-state index is 0.0223. The highest BCUT2D eigenvalue weighted by molar-refractivity contribution is 6.56. The van der Waals surface area contributed by atoms with E-state index in [4.69, 9.17) is 46.4 Å². The van der Waals surface area contributed by atoms with Gasteiger partial charge in [-0.2, -0.15) is 0 Å². The van der Waals surface area contributed by atoms with Crippen LogP contribution < -0.4 is 0 Å². The summed E-state index contributed by atoms with van der Waals surface area (Å²) in [6.07, 6.45) is 0. The van der Waals surface area contributed by atoms with Crippen LogP contribution in [0.2, 0.25) is 5.02 Å². The number of benzene rings is 1. The van der Waals surface area contributed by atoms with Gasteiger partial charge in [0, 0.05) is 5.02 Å². The van der Waals surface area contributed by atoms with E-state index in [-0.39, 0.29) is 11.6 Å². The number of oxime groups is 1. The third-order valence-corrected chi connectivity index (χ3v) is 2.74. The highest BCUT2D eigenvalue weighted by Gasteiger charge is 2.11. The Labute approximate surface area is 118 Å². The molecule has 3 nitrogen and oxygen atoms in total. The van der Waals surface area contributed by atoms with Gasteiger partial charge >= 0.3 is 5.97 Å². The van der Waals surface area contributed by atoms with Gasteiger partial charge in [-0.05, 0) is 24.3 Å². The topological polar surface area (TPSA) is 38.7 Å². The lowest BCUT2D eigenvalue weighted by atomic mass is 10.2. The molecule has 0 amide bonds. The Bertz CT molecular complexity index is 417. The fourth-order valence-electron chi connectivity index (χ4n) is 0.861. The Morgan fingerprint density at radius 2 is 1.88 bits per heavy atom. The molecule has 0 saturated carbocycles. The number of carbonyl (C=O) groups excluding carboxylic acids is 1. The van der Waals surface area contributed by atoms with Crippen LogP contribution in [0.15, 0.2) is 29.4 Å². The molecule has 0 spiro atoms. The SMILES string of the molecule is O=C(O/N=C(\CCl)C(Cl)Cl)c1ccc(Cl)cc1. The summed E-state index contributed by atoms with van der Waals surface area (Å²) >= 11 is 22.3. The zero-order chi connectivity index (χ0) is 12.8. The predicted octanol–water partition coefficient (Wildman–Crippen LogP) is 3.90. The Balaban J connectivity index is 2.70. The minimum Gasteiger partial charge on any atom is -0.313 e. The summed E-state index contributed by atoms with van der Waals surface area (Å²) in [5.41, 5.74) is 0.477. The van der Waals surface area contributed by atoms with Crippen molar-refractivity contribution in [2.75, 3.05) is 5.88 Å². The molecule has 0 aliphatic heterocycles. The van der Waals surface area contributed by atoms with E-state index in [9.17, 15) is 4.79 Å². The van der Waals surface area contributed by atoms with E-state index in [1.54, 1.807) is 12.1 Å². The molecule has 0 atom stereocenters. The zero-order valence-electron chi connectivity index (χ0n) is 8.37. The molecular weight excluding hydrogens is 308 g/mol. The van der Waals surface area contributed by atoms with Gasteiger partial charge < -0.3 is 4.84 Å². The lowest BCUT2D eigenvalue weighted by molar-refractivity contribution is 0.0516. The van der Waals surface area contributed by atoms with Crippen LogP contribution in [0.4, 0.5) is 0 Å². The largest absolute Gasteiger partial charge is 0.365 e. The van der Waals surface area contributed by atoms with Crippen molar-refractivity contribution in [3.8, 4) is 0 Å². The molecule has 0 radical (unpaired) electrons. The van der Waals surface area contributed by atoms with Crippen LogP contribution in [0, 0.1) is 0 Å². The summed E-state index contributed by atoms with van der Waals surface area (Å²) in [6.45, 7) is 0. The summed E-state index contributed by atoms with van der Waals surface area (Å²) in [5.74, 6) is -0.663. The normalized spacial score (nSPS) is 11.7. The minimum atomic E-state index is -0.912. The Kier molecular flexibility index (Phi) is 6.06. The molecule has 0 fully saturated rings. The zero-order valence-corrected chi connectivity index (χ0v) is 11.4. The van der Waals surface area contributed by atoms with Crippen molar-refractivity contribution in [1.82, 2.24) is 0 Å². The molecule has 7 heteroatoms. The molecule has 92 valence electrons. The highest BCUT2D eigenvalue weighted by atomic mass is 35.5. The fourth-order valence-corrected chi connectivity index (χ4v) is 1.58. The van der Waals surface area contributed by atoms with Gasteiger partial charge in [-0.15, -0.1) is 11.6 Å². The second-order valence-corrected chi connectivity index (χ2v) is 4.70. The van der Waals surface area contributed by atoms with E-state index in [0.717, 1.165) is 0 Å². The molecule has 17 heavy (non-hydrogen) atoms. The van der Waals surface area contributed by atoms with Gasteiger partial charge in [0.25, 0.3) is 0 Å². The third-order valence-electron chi connectivity index (χ3n) is 1.71. The first kappa shape index (κ1) is 14.6. The van der Waals surface area contributed by atoms with Crippen LogP contribution in [0.5, 0.6) is 0 Å². The van der Waals surface area contributed by atoms with Gasteiger partial charge in [0.2, 0.25) is 0 Å². The van der Waals surface area contributed by atoms with E-state index in [1.165, 1.54) is 12.1 Å². The van der Waals surface area contributed by atoms with E-state index in [0.29, 0.717) is 10.6 Å². The molecule has 0 heterocycles. The molecule has 0 N–H and O–H groups in total. The molecule has 0 aliphatic carbocycles. The fraction of sp³-hybridized carbons (Fsp3) is 0.200. The molecule has 0 bridgehead atoms. The summed E-state index contributed by atoms with van der Waals surface area (Å²) < 4.78 is 0. The number of halogens is 4. The number of nitrogens with zero attached hydrogens (tertiary/aromatic N) is 1. The summed E-state index contributed by atoms with van der Waals surface area (Å²) in [6, 6.07) is 6.16. The average Bonchev–Trinajstić information content (AvgIpc) is 2.30. The maximum Gasteiger partial charge on any atom is 0.365 e. The van der Waals surface area contributed by atoms with Gasteiger partial charge in [0.1, 0.15) is 10.5 Å². The highest BCUT2D eigenvalue weighted by Crippen LogP contribution is 2.11.